The van der Waals surface area contributed by atoms with Crippen LogP contribution in [0.25, 0.3) is 0 Å². The molecule has 2 N–H and O–H groups in total. The Kier molecular flexibility index (Phi) is 3.71. The first-order valence-corrected chi connectivity index (χ1v) is 5.22. The minimum Gasteiger partial charge on any atom is -0.348 e. The second-order valence-electron chi connectivity index (χ2n) is 2.88. The van der Waals surface area contributed by atoms with Crippen LogP contribution in [0.4, 0.5) is 0 Å². The lowest BCUT2D eigenvalue weighted by atomic mass is 10.2. The quantitative estimate of drug-likeness (QED) is 0.831. The molecule has 1 aromatic heterocycles. The van der Waals surface area contributed by atoms with E-state index in [0.717, 1.165) is 9.99 Å². The first kappa shape index (κ1) is 10.5. The average molecular weight is 293 g/mol. The van der Waals surface area contributed by atoms with E-state index in [-0.39, 0.29) is 11.9 Å². The van der Waals surface area contributed by atoms with Crippen LogP contribution in [0.15, 0.2) is 6.20 Å². The first-order valence-electron chi connectivity index (χ1n) is 4.14. The molecule has 1 amide bonds. The Hall–Kier alpha value is -0.590. The minimum absolute atomic E-state index is 0.0868. The number of carbonyl (C=O) groups excluding carboxylic acids is 1. The highest BCUT2D eigenvalue weighted by Crippen LogP contribution is 2.07. The number of amides is 1. The van der Waals surface area contributed by atoms with E-state index in [1.165, 1.54) is 0 Å². The molecular weight excluding hydrogens is 281 g/mol. The molecule has 0 aliphatic rings. The van der Waals surface area contributed by atoms with E-state index in [1.54, 1.807) is 6.20 Å². The molecule has 0 saturated heterocycles. The van der Waals surface area contributed by atoms with Crippen molar-refractivity contribution < 1.29 is 4.79 Å². The van der Waals surface area contributed by atoms with Gasteiger partial charge in [0.2, 0.25) is 0 Å². The van der Waals surface area contributed by atoms with E-state index in [9.17, 15) is 4.79 Å². The third-order valence-corrected chi connectivity index (χ3v) is 2.63. The molecule has 13 heavy (non-hydrogen) atoms. The lowest BCUT2D eigenvalue weighted by molar-refractivity contribution is 0.0933. The molecule has 72 valence electrons. The molecule has 5 heteroatoms. The molecule has 1 atom stereocenters. The van der Waals surface area contributed by atoms with Crippen LogP contribution < -0.4 is 5.32 Å². The number of carbonyl (C=O) groups is 1. The van der Waals surface area contributed by atoms with Crippen LogP contribution in [0.3, 0.4) is 0 Å². The van der Waals surface area contributed by atoms with E-state index in [4.69, 9.17) is 0 Å². The fourth-order valence-corrected chi connectivity index (χ4v) is 1.33. The molecule has 0 aromatic carbocycles. The maximum Gasteiger partial charge on any atom is 0.270 e. The van der Waals surface area contributed by atoms with Gasteiger partial charge >= 0.3 is 0 Å². The van der Waals surface area contributed by atoms with E-state index >= 15 is 0 Å². The summed E-state index contributed by atoms with van der Waals surface area (Å²) in [4.78, 5) is 11.5. The smallest absolute Gasteiger partial charge is 0.270 e. The summed E-state index contributed by atoms with van der Waals surface area (Å²) in [6.45, 7) is 4.00. The number of aromatic nitrogens is 2. The second-order valence-corrected chi connectivity index (χ2v) is 4.04. The fraction of sp³-hybridized carbons (Fsp3) is 0.500. The summed E-state index contributed by atoms with van der Waals surface area (Å²) >= 11 is 2.08. The Balaban J connectivity index is 2.64. The number of nitrogens with one attached hydrogen (secondary N) is 2. The van der Waals surface area contributed by atoms with Crippen molar-refractivity contribution in [3.8, 4) is 0 Å². The summed E-state index contributed by atoms with van der Waals surface area (Å²) < 4.78 is 0.846. The fourth-order valence-electron chi connectivity index (χ4n) is 0.829. The third-order valence-electron chi connectivity index (χ3n) is 1.81. The molecule has 1 aromatic rings. The van der Waals surface area contributed by atoms with Gasteiger partial charge in [0.1, 0.15) is 5.69 Å². The van der Waals surface area contributed by atoms with Gasteiger partial charge in [0.25, 0.3) is 5.91 Å². The SMILES string of the molecule is CCC(C)NC(=O)c1[nH]ncc1I. The lowest BCUT2D eigenvalue weighted by Crippen LogP contribution is -2.32. The molecule has 0 radical (unpaired) electrons. The minimum atomic E-state index is -0.0868. The third kappa shape index (κ3) is 2.68. The van der Waals surface area contributed by atoms with Gasteiger partial charge in [-0.15, -0.1) is 0 Å². The lowest BCUT2D eigenvalue weighted by Gasteiger charge is -2.09. The predicted octanol–water partition coefficient (Wildman–Crippen LogP) is 1.54. The highest BCUT2D eigenvalue weighted by molar-refractivity contribution is 14.1. The Bertz CT molecular complexity index is 297. The van der Waals surface area contributed by atoms with Gasteiger partial charge in [-0.1, -0.05) is 6.92 Å². The van der Waals surface area contributed by atoms with E-state index in [2.05, 4.69) is 38.1 Å². The first-order chi connectivity index (χ1) is 6.15. The van der Waals surface area contributed by atoms with Crippen molar-refractivity contribution in [2.75, 3.05) is 0 Å². The number of aromatic amines is 1. The number of nitrogens with zero attached hydrogens (tertiary/aromatic N) is 1. The summed E-state index contributed by atoms with van der Waals surface area (Å²) in [7, 11) is 0. The van der Waals surface area contributed by atoms with Crippen molar-refractivity contribution in [2.45, 2.75) is 26.3 Å². The summed E-state index contributed by atoms with van der Waals surface area (Å²) in [5, 5.41) is 9.31. The van der Waals surface area contributed by atoms with Gasteiger partial charge in [0, 0.05) is 6.04 Å². The van der Waals surface area contributed by atoms with Gasteiger partial charge in [-0.05, 0) is 35.9 Å². The zero-order valence-corrected chi connectivity index (χ0v) is 9.75. The van der Waals surface area contributed by atoms with Crippen LogP contribution >= 0.6 is 22.6 Å². The second kappa shape index (κ2) is 4.59. The van der Waals surface area contributed by atoms with Gasteiger partial charge in [-0.25, -0.2) is 0 Å². The topological polar surface area (TPSA) is 57.8 Å². The standard InChI is InChI=1S/C8H12IN3O/c1-3-5(2)11-8(13)7-6(9)4-10-12-7/h4-5H,3H2,1-2H3,(H,10,12)(H,11,13). The maximum atomic E-state index is 11.5. The van der Waals surface area contributed by atoms with Gasteiger partial charge in [0.05, 0.1) is 9.77 Å². The van der Waals surface area contributed by atoms with E-state index in [0.29, 0.717) is 5.69 Å². The van der Waals surface area contributed by atoms with Crippen molar-refractivity contribution in [3.63, 3.8) is 0 Å². The highest BCUT2D eigenvalue weighted by atomic mass is 127. The molecule has 1 rings (SSSR count). The molecule has 1 heterocycles. The van der Waals surface area contributed by atoms with Crippen molar-refractivity contribution in [3.05, 3.63) is 15.5 Å². The zero-order valence-electron chi connectivity index (χ0n) is 7.60. The van der Waals surface area contributed by atoms with Gasteiger partial charge in [0.15, 0.2) is 0 Å². The molecule has 4 nitrogen and oxygen atoms in total. The van der Waals surface area contributed by atoms with Crippen molar-refractivity contribution >= 4 is 28.5 Å². The van der Waals surface area contributed by atoms with Gasteiger partial charge in [-0.3, -0.25) is 9.89 Å². The Morgan fingerprint density at radius 1 is 1.85 bits per heavy atom. The number of hydrogen-bond donors (Lipinski definition) is 2. The van der Waals surface area contributed by atoms with E-state index in [1.807, 2.05) is 13.8 Å². The summed E-state index contributed by atoms with van der Waals surface area (Å²) in [5.74, 6) is -0.0868. The number of hydrogen-bond acceptors (Lipinski definition) is 2. The molecule has 0 spiro atoms. The number of halogens is 1. The van der Waals surface area contributed by atoms with Crippen molar-refractivity contribution in [1.82, 2.24) is 15.5 Å². The highest BCUT2D eigenvalue weighted by Gasteiger charge is 2.12. The van der Waals surface area contributed by atoms with Gasteiger partial charge in [-0.2, -0.15) is 5.10 Å². The molecular formula is C8H12IN3O. The van der Waals surface area contributed by atoms with Crippen LogP contribution in [0, 0.1) is 3.57 Å². The molecule has 0 saturated carbocycles. The largest absolute Gasteiger partial charge is 0.348 e. The van der Waals surface area contributed by atoms with Gasteiger partial charge < -0.3 is 5.32 Å². The van der Waals surface area contributed by atoms with E-state index < -0.39 is 0 Å². The normalized spacial score (nSPS) is 12.5. The molecule has 0 aliphatic heterocycles. The molecule has 1 unspecified atom stereocenters. The van der Waals surface area contributed by atoms with Crippen molar-refractivity contribution in [1.29, 1.82) is 0 Å². The Morgan fingerprint density at radius 2 is 2.54 bits per heavy atom. The monoisotopic (exact) mass is 293 g/mol. The summed E-state index contributed by atoms with van der Waals surface area (Å²) in [5.41, 5.74) is 0.543. The maximum absolute atomic E-state index is 11.5. The molecule has 0 bridgehead atoms. The summed E-state index contributed by atoms with van der Waals surface area (Å²) in [6, 6.07) is 0.201. The Labute approximate surface area is 90.6 Å². The molecule has 0 fully saturated rings. The summed E-state index contributed by atoms with van der Waals surface area (Å²) in [6.07, 6.45) is 2.56. The van der Waals surface area contributed by atoms with Crippen molar-refractivity contribution in [2.24, 2.45) is 0 Å². The molecule has 0 aliphatic carbocycles. The predicted molar refractivity (Wildman–Crippen MR) is 58.5 cm³/mol. The van der Waals surface area contributed by atoms with Crippen LogP contribution in [-0.2, 0) is 0 Å². The van der Waals surface area contributed by atoms with Crippen LogP contribution in [0.5, 0.6) is 0 Å². The van der Waals surface area contributed by atoms with Crippen LogP contribution in [0.1, 0.15) is 30.8 Å². The van der Waals surface area contributed by atoms with Crippen LogP contribution in [-0.4, -0.2) is 22.1 Å². The van der Waals surface area contributed by atoms with Crippen LogP contribution in [0.2, 0.25) is 0 Å². The zero-order chi connectivity index (χ0) is 9.84. The number of H-pyrrole nitrogens is 1. The average Bonchev–Trinajstić information content (AvgIpc) is 2.51. The Morgan fingerprint density at radius 3 is 3.00 bits per heavy atom. The number of rotatable bonds is 3.